The molecule has 144 valence electrons. The monoisotopic (exact) mass is 405 g/mol. The molecule has 0 aliphatic rings. The maximum absolute atomic E-state index is 11.2. The van der Waals surface area contributed by atoms with Crippen molar-refractivity contribution in [3.05, 3.63) is 83.1 Å². The zero-order chi connectivity index (χ0) is 20.8. The molecule has 0 unspecified atom stereocenters. The number of aromatic carboxylic acids is 1. The lowest BCUT2D eigenvalue weighted by molar-refractivity contribution is 0.0695. The lowest BCUT2D eigenvalue weighted by Crippen LogP contribution is -2.01. The van der Waals surface area contributed by atoms with Gasteiger partial charge in [0.1, 0.15) is 5.75 Å². The predicted octanol–water partition coefficient (Wildman–Crippen LogP) is 5.01. The summed E-state index contributed by atoms with van der Waals surface area (Å²) < 4.78 is 7.09. The van der Waals surface area contributed by atoms with Crippen LogP contribution in [0.3, 0.4) is 0 Å². The third-order valence-corrected chi connectivity index (χ3v) is 4.17. The van der Waals surface area contributed by atoms with Gasteiger partial charge in [0, 0.05) is 23.5 Å². The quantitative estimate of drug-likeness (QED) is 0.485. The number of rotatable bonds is 3. The Morgan fingerprint density at radius 3 is 2.52 bits per heavy atom. The van der Waals surface area contributed by atoms with Gasteiger partial charge in [0.15, 0.2) is 0 Å². The first-order chi connectivity index (χ1) is 14.0. The van der Waals surface area contributed by atoms with E-state index in [9.17, 15) is 9.90 Å². The van der Waals surface area contributed by atoms with Crippen molar-refractivity contribution in [1.82, 2.24) is 14.5 Å². The van der Waals surface area contributed by atoms with Crippen molar-refractivity contribution in [2.75, 3.05) is 0 Å². The van der Waals surface area contributed by atoms with Gasteiger partial charge in [-0.2, -0.15) is 4.98 Å². The van der Waals surface area contributed by atoms with E-state index in [0.29, 0.717) is 27.4 Å². The second-order valence-electron chi connectivity index (χ2n) is 5.90. The maximum Gasteiger partial charge on any atom is 0.336 e. The molecule has 2 heterocycles. The van der Waals surface area contributed by atoms with E-state index in [1.807, 2.05) is 18.2 Å². The minimum atomic E-state index is -1.02. The number of fused-ring (bicyclic) bond motifs is 1. The summed E-state index contributed by atoms with van der Waals surface area (Å²) in [6.45, 7) is 1.71. The number of imidazole rings is 1. The molecular weight excluding hydrogens is 390 g/mol. The van der Waals surface area contributed by atoms with Gasteiger partial charge in [0.05, 0.1) is 16.6 Å². The summed E-state index contributed by atoms with van der Waals surface area (Å²) in [5.41, 5.74) is 2.07. The standard InChI is InChI=1S/C17H11ClN2O3.C5H5N/c1-3-20-15-8-11(18)5-7-14(15)19-17(20)23-12-6-4-10(2)13(9-12)16(21)22;1-2-4-6-5-3-1/h1,4-9H,2H3,(H,21,22);1-5H. The van der Waals surface area contributed by atoms with Crippen LogP contribution in [0.25, 0.3) is 11.0 Å². The number of aromatic nitrogens is 3. The highest BCUT2D eigenvalue weighted by Crippen LogP contribution is 2.28. The number of nitrogens with zero attached hydrogens (tertiary/aromatic N) is 3. The minimum absolute atomic E-state index is 0.161. The fourth-order valence-corrected chi connectivity index (χ4v) is 2.70. The minimum Gasteiger partial charge on any atom is -0.478 e. The first-order valence-corrected chi connectivity index (χ1v) is 8.89. The molecule has 0 saturated carbocycles. The number of hydrogen-bond donors (Lipinski definition) is 1. The van der Waals surface area contributed by atoms with Gasteiger partial charge in [0.2, 0.25) is 0 Å². The Balaban J connectivity index is 0.000000343. The second kappa shape index (κ2) is 8.91. The fourth-order valence-electron chi connectivity index (χ4n) is 2.53. The van der Waals surface area contributed by atoms with E-state index in [4.69, 9.17) is 22.8 Å². The molecule has 0 fully saturated rings. The number of carbonyl (C=O) groups is 1. The summed E-state index contributed by atoms with van der Waals surface area (Å²) in [6.07, 6.45) is 9.02. The lowest BCUT2D eigenvalue weighted by Gasteiger charge is -2.07. The molecule has 6 nitrogen and oxygen atoms in total. The van der Waals surface area contributed by atoms with Crippen molar-refractivity contribution in [3.63, 3.8) is 0 Å². The number of benzene rings is 2. The normalized spacial score (nSPS) is 9.97. The van der Waals surface area contributed by atoms with Gasteiger partial charge in [0.25, 0.3) is 0 Å². The van der Waals surface area contributed by atoms with E-state index in [2.05, 4.69) is 16.0 Å². The molecular formula is C22H16ClN3O3. The maximum atomic E-state index is 11.2. The van der Waals surface area contributed by atoms with Crippen LogP contribution in [0, 0.1) is 19.4 Å². The number of halogens is 1. The molecule has 4 rings (SSSR count). The van der Waals surface area contributed by atoms with Gasteiger partial charge in [-0.1, -0.05) is 30.2 Å². The number of aryl methyl sites for hydroxylation is 1. The Hall–Kier alpha value is -3.82. The topological polar surface area (TPSA) is 77.2 Å². The van der Waals surface area contributed by atoms with E-state index in [1.165, 1.54) is 10.6 Å². The average Bonchev–Trinajstić information content (AvgIpc) is 3.07. The zero-order valence-electron chi connectivity index (χ0n) is 15.4. The van der Waals surface area contributed by atoms with E-state index in [-0.39, 0.29) is 11.6 Å². The lowest BCUT2D eigenvalue weighted by atomic mass is 10.1. The molecule has 0 atom stereocenters. The van der Waals surface area contributed by atoms with E-state index >= 15 is 0 Å². The van der Waals surface area contributed by atoms with Gasteiger partial charge in [-0.25, -0.2) is 9.36 Å². The smallest absolute Gasteiger partial charge is 0.336 e. The van der Waals surface area contributed by atoms with Gasteiger partial charge < -0.3 is 9.84 Å². The Bertz CT molecular complexity index is 1170. The number of ether oxygens (including phenoxy) is 1. The van der Waals surface area contributed by atoms with E-state index < -0.39 is 5.97 Å². The number of hydrogen-bond acceptors (Lipinski definition) is 4. The third-order valence-electron chi connectivity index (χ3n) is 3.93. The highest BCUT2D eigenvalue weighted by Gasteiger charge is 2.14. The van der Waals surface area contributed by atoms with Crippen molar-refractivity contribution < 1.29 is 14.6 Å². The van der Waals surface area contributed by atoms with Gasteiger partial charge in [-0.3, -0.25) is 4.98 Å². The molecule has 1 N–H and O–H groups in total. The van der Waals surface area contributed by atoms with Gasteiger partial charge in [-0.05, 0) is 55.0 Å². The van der Waals surface area contributed by atoms with Crippen LogP contribution in [-0.2, 0) is 0 Å². The molecule has 4 aromatic rings. The van der Waals surface area contributed by atoms with Gasteiger partial charge >= 0.3 is 12.0 Å². The molecule has 0 radical (unpaired) electrons. The van der Waals surface area contributed by atoms with Crippen LogP contribution in [0.2, 0.25) is 5.02 Å². The van der Waals surface area contributed by atoms with E-state index in [0.717, 1.165) is 0 Å². The first kappa shape index (κ1) is 19.9. The molecule has 0 spiro atoms. The molecule has 2 aromatic heterocycles. The number of carboxylic acids is 1. The average molecular weight is 406 g/mol. The molecule has 0 aliphatic heterocycles. The third kappa shape index (κ3) is 4.72. The second-order valence-corrected chi connectivity index (χ2v) is 6.34. The Kier molecular flexibility index (Phi) is 6.12. The summed E-state index contributed by atoms with van der Waals surface area (Å²) in [5.74, 6) is -0.684. The first-order valence-electron chi connectivity index (χ1n) is 8.51. The van der Waals surface area contributed by atoms with Crippen LogP contribution in [0.5, 0.6) is 11.8 Å². The predicted molar refractivity (Wildman–Crippen MR) is 111 cm³/mol. The summed E-state index contributed by atoms with van der Waals surface area (Å²) in [5, 5.41) is 9.71. The molecule has 0 saturated heterocycles. The summed E-state index contributed by atoms with van der Waals surface area (Å²) in [6, 6.07) is 18.2. The Morgan fingerprint density at radius 2 is 1.93 bits per heavy atom. The molecule has 7 heteroatoms. The van der Waals surface area contributed by atoms with Gasteiger partial charge in [-0.15, -0.1) is 0 Å². The van der Waals surface area contributed by atoms with E-state index in [1.54, 1.807) is 49.6 Å². The molecule has 2 aromatic carbocycles. The number of carboxylic acid groups (broad SMARTS) is 1. The van der Waals surface area contributed by atoms with Crippen LogP contribution in [0.15, 0.2) is 67.0 Å². The highest BCUT2D eigenvalue weighted by atomic mass is 35.5. The van der Waals surface area contributed by atoms with Crippen LogP contribution < -0.4 is 4.74 Å². The number of pyridine rings is 1. The fraction of sp³-hybridized carbons (Fsp3) is 0.0455. The van der Waals surface area contributed by atoms with Crippen molar-refractivity contribution in [2.45, 2.75) is 6.92 Å². The Labute approximate surface area is 172 Å². The van der Waals surface area contributed by atoms with Crippen molar-refractivity contribution in [2.24, 2.45) is 0 Å². The van der Waals surface area contributed by atoms with Crippen LogP contribution in [-0.4, -0.2) is 25.6 Å². The van der Waals surface area contributed by atoms with Crippen molar-refractivity contribution >= 4 is 28.6 Å². The summed E-state index contributed by atoms with van der Waals surface area (Å²) >= 11 is 5.97. The Morgan fingerprint density at radius 1 is 1.17 bits per heavy atom. The largest absolute Gasteiger partial charge is 0.478 e. The zero-order valence-corrected chi connectivity index (χ0v) is 16.2. The molecule has 0 aliphatic carbocycles. The van der Waals surface area contributed by atoms with Crippen molar-refractivity contribution in [1.29, 1.82) is 0 Å². The molecule has 29 heavy (non-hydrogen) atoms. The molecule has 0 bridgehead atoms. The number of terminal acetylenes is 1. The molecule has 0 amide bonds. The summed E-state index contributed by atoms with van der Waals surface area (Å²) in [7, 11) is 0. The SMILES string of the molecule is C#Cn1c(Oc2ccc(C)c(C(=O)O)c2)nc2ccc(Cl)cc21.c1ccncc1. The highest BCUT2D eigenvalue weighted by molar-refractivity contribution is 6.31. The van der Waals surface area contributed by atoms with Crippen LogP contribution in [0.1, 0.15) is 15.9 Å². The van der Waals surface area contributed by atoms with Crippen molar-refractivity contribution in [3.8, 4) is 24.2 Å². The summed E-state index contributed by atoms with van der Waals surface area (Å²) in [4.78, 5) is 19.3. The van der Waals surface area contributed by atoms with Crippen LogP contribution in [0.4, 0.5) is 0 Å². The van der Waals surface area contributed by atoms with Crippen LogP contribution >= 0.6 is 11.6 Å².